The maximum Gasteiger partial charge on any atom is 0.259 e. The number of anilines is 1. The summed E-state index contributed by atoms with van der Waals surface area (Å²) >= 11 is 0. The number of hydrogen-bond donors (Lipinski definition) is 0. The zero-order valence-electron chi connectivity index (χ0n) is 16.5. The lowest BCUT2D eigenvalue weighted by Crippen LogP contribution is -2.49. The van der Waals surface area contributed by atoms with E-state index in [9.17, 15) is 4.79 Å². The van der Waals surface area contributed by atoms with Crippen LogP contribution in [0.25, 0.3) is 11.4 Å². The Morgan fingerprint density at radius 3 is 2.48 bits per heavy atom. The summed E-state index contributed by atoms with van der Waals surface area (Å²) in [6.45, 7) is 6.25. The van der Waals surface area contributed by atoms with Crippen LogP contribution in [-0.2, 0) is 0 Å². The minimum Gasteiger partial charge on any atom is -0.361 e. The van der Waals surface area contributed by atoms with Crippen LogP contribution in [0.3, 0.4) is 0 Å². The van der Waals surface area contributed by atoms with Gasteiger partial charge in [-0.15, -0.1) is 0 Å². The van der Waals surface area contributed by atoms with Gasteiger partial charge in [-0.3, -0.25) is 4.79 Å². The molecule has 9 nitrogen and oxygen atoms in total. The van der Waals surface area contributed by atoms with Gasteiger partial charge in [0.15, 0.2) is 0 Å². The molecule has 3 aromatic heterocycles. The molecule has 0 unspecified atom stereocenters. The lowest BCUT2D eigenvalue weighted by atomic mass is 10.1. The second-order valence-electron chi connectivity index (χ2n) is 7.61. The molecular formula is C20H22N6O3. The van der Waals surface area contributed by atoms with Crippen molar-refractivity contribution in [1.82, 2.24) is 25.2 Å². The van der Waals surface area contributed by atoms with Gasteiger partial charge in [0.1, 0.15) is 17.1 Å². The maximum absolute atomic E-state index is 12.8. The molecule has 1 saturated heterocycles. The summed E-state index contributed by atoms with van der Waals surface area (Å²) in [6, 6.07) is 3.93. The first-order valence-corrected chi connectivity index (χ1v) is 9.87. The SMILES string of the molecule is Cc1noc(C)c1C(=O)N1CCN(c2ccc(-c3noc(C4CC4)n3)cn2)CC1. The fraction of sp³-hybridized carbons (Fsp3) is 0.450. The molecule has 5 rings (SSSR count). The predicted octanol–water partition coefficient (Wildman–Crippen LogP) is 2.58. The van der Waals surface area contributed by atoms with E-state index < -0.39 is 0 Å². The lowest BCUT2D eigenvalue weighted by Gasteiger charge is -2.35. The molecule has 4 heterocycles. The smallest absolute Gasteiger partial charge is 0.259 e. The molecule has 0 radical (unpaired) electrons. The number of hydrogen-bond acceptors (Lipinski definition) is 8. The molecule has 1 aliphatic heterocycles. The van der Waals surface area contributed by atoms with Crippen LogP contribution in [0.2, 0.25) is 0 Å². The molecule has 0 spiro atoms. The van der Waals surface area contributed by atoms with E-state index in [2.05, 4.69) is 25.2 Å². The molecule has 29 heavy (non-hydrogen) atoms. The van der Waals surface area contributed by atoms with Crippen LogP contribution in [0.15, 0.2) is 27.4 Å². The van der Waals surface area contributed by atoms with Crippen molar-refractivity contribution >= 4 is 11.7 Å². The molecule has 0 aromatic carbocycles. The minimum absolute atomic E-state index is 0.0206. The van der Waals surface area contributed by atoms with Crippen molar-refractivity contribution in [1.29, 1.82) is 0 Å². The van der Waals surface area contributed by atoms with E-state index in [1.54, 1.807) is 20.0 Å². The zero-order chi connectivity index (χ0) is 20.0. The van der Waals surface area contributed by atoms with Crippen LogP contribution >= 0.6 is 0 Å². The Morgan fingerprint density at radius 2 is 1.86 bits per heavy atom. The second-order valence-corrected chi connectivity index (χ2v) is 7.61. The topological polar surface area (TPSA) is 101 Å². The van der Waals surface area contributed by atoms with Crippen LogP contribution in [0.4, 0.5) is 5.82 Å². The monoisotopic (exact) mass is 394 g/mol. The van der Waals surface area contributed by atoms with Crippen LogP contribution < -0.4 is 4.90 Å². The van der Waals surface area contributed by atoms with Crippen molar-refractivity contribution in [3.8, 4) is 11.4 Å². The van der Waals surface area contributed by atoms with E-state index in [0.29, 0.717) is 41.8 Å². The molecule has 1 saturated carbocycles. The van der Waals surface area contributed by atoms with Gasteiger partial charge in [-0.25, -0.2) is 4.98 Å². The Bertz CT molecular complexity index is 1010. The average molecular weight is 394 g/mol. The van der Waals surface area contributed by atoms with Crippen molar-refractivity contribution in [3.05, 3.63) is 41.2 Å². The molecule has 0 bridgehead atoms. The molecule has 2 fully saturated rings. The van der Waals surface area contributed by atoms with E-state index in [4.69, 9.17) is 9.05 Å². The van der Waals surface area contributed by atoms with Crippen molar-refractivity contribution in [3.63, 3.8) is 0 Å². The number of rotatable bonds is 4. The van der Waals surface area contributed by atoms with E-state index in [0.717, 1.165) is 43.2 Å². The molecular weight excluding hydrogens is 372 g/mol. The van der Waals surface area contributed by atoms with Crippen molar-refractivity contribution in [2.45, 2.75) is 32.6 Å². The first-order valence-electron chi connectivity index (χ1n) is 9.87. The Kier molecular flexibility index (Phi) is 4.30. The molecule has 1 aliphatic carbocycles. The summed E-state index contributed by atoms with van der Waals surface area (Å²) in [5.41, 5.74) is 2.06. The predicted molar refractivity (Wildman–Crippen MR) is 104 cm³/mol. The fourth-order valence-corrected chi connectivity index (χ4v) is 3.64. The standard InChI is InChI=1S/C20H22N6O3/c1-12-17(13(2)28-23-12)20(27)26-9-7-25(8-10-26)16-6-5-15(11-21-16)18-22-19(29-24-18)14-3-4-14/h5-6,11,14H,3-4,7-10H2,1-2H3. The van der Waals surface area contributed by atoms with Gasteiger partial charge < -0.3 is 18.8 Å². The number of nitrogens with zero attached hydrogens (tertiary/aromatic N) is 6. The number of pyridine rings is 1. The quantitative estimate of drug-likeness (QED) is 0.665. The van der Waals surface area contributed by atoms with E-state index in [-0.39, 0.29) is 5.91 Å². The summed E-state index contributed by atoms with van der Waals surface area (Å²) in [5.74, 6) is 3.17. The largest absolute Gasteiger partial charge is 0.361 e. The molecule has 0 atom stereocenters. The number of piperazine rings is 1. The summed E-state index contributed by atoms with van der Waals surface area (Å²) in [6.07, 6.45) is 4.03. The number of aromatic nitrogens is 4. The van der Waals surface area contributed by atoms with Gasteiger partial charge in [-0.1, -0.05) is 10.3 Å². The van der Waals surface area contributed by atoms with Gasteiger partial charge in [0.05, 0.1) is 5.69 Å². The van der Waals surface area contributed by atoms with E-state index >= 15 is 0 Å². The normalized spacial score (nSPS) is 17.0. The Balaban J connectivity index is 1.23. The first kappa shape index (κ1) is 17.8. The minimum atomic E-state index is -0.0206. The Morgan fingerprint density at radius 1 is 1.07 bits per heavy atom. The highest BCUT2D eigenvalue weighted by molar-refractivity contribution is 5.96. The average Bonchev–Trinajstić information content (AvgIpc) is 3.39. The molecule has 2 aliphatic rings. The maximum atomic E-state index is 12.8. The first-order chi connectivity index (χ1) is 14.1. The van der Waals surface area contributed by atoms with Gasteiger partial charge in [-0.2, -0.15) is 4.98 Å². The molecule has 1 amide bonds. The molecule has 3 aromatic rings. The van der Waals surface area contributed by atoms with Gasteiger partial charge in [0.25, 0.3) is 5.91 Å². The van der Waals surface area contributed by atoms with Crippen LogP contribution in [-0.4, -0.2) is 57.3 Å². The molecule has 9 heteroatoms. The lowest BCUT2D eigenvalue weighted by molar-refractivity contribution is 0.0744. The summed E-state index contributed by atoms with van der Waals surface area (Å²) < 4.78 is 10.5. The molecule has 0 N–H and O–H groups in total. The number of amides is 1. The fourth-order valence-electron chi connectivity index (χ4n) is 3.64. The third kappa shape index (κ3) is 3.37. The number of carbonyl (C=O) groups excluding carboxylic acids is 1. The van der Waals surface area contributed by atoms with Gasteiger partial charge >= 0.3 is 0 Å². The second kappa shape index (κ2) is 6.98. The van der Waals surface area contributed by atoms with Gasteiger partial charge in [0, 0.05) is 43.9 Å². The zero-order valence-corrected chi connectivity index (χ0v) is 16.5. The van der Waals surface area contributed by atoms with Gasteiger partial charge in [0.2, 0.25) is 11.7 Å². The summed E-state index contributed by atoms with van der Waals surface area (Å²) in [4.78, 5) is 25.8. The highest BCUT2D eigenvalue weighted by Crippen LogP contribution is 2.39. The van der Waals surface area contributed by atoms with Crippen molar-refractivity contribution in [2.75, 3.05) is 31.1 Å². The summed E-state index contributed by atoms with van der Waals surface area (Å²) in [5, 5.41) is 7.94. The third-order valence-electron chi connectivity index (χ3n) is 5.51. The highest BCUT2D eigenvalue weighted by Gasteiger charge is 2.30. The molecule has 150 valence electrons. The third-order valence-corrected chi connectivity index (χ3v) is 5.51. The highest BCUT2D eigenvalue weighted by atomic mass is 16.5. The Hall–Kier alpha value is -3.23. The van der Waals surface area contributed by atoms with Crippen LogP contribution in [0.1, 0.15) is 46.5 Å². The van der Waals surface area contributed by atoms with Gasteiger partial charge in [-0.05, 0) is 38.8 Å². The van der Waals surface area contributed by atoms with Crippen molar-refractivity contribution in [2.24, 2.45) is 0 Å². The van der Waals surface area contributed by atoms with Crippen molar-refractivity contribution < 1.29 is 13.8 Å². The summed E-state index contributed by atoms with van der Waals surface area (Å²) in [7, 11) is 0. The Labute approximate surface area is 167 Å². The van der Waals surface area contributed by atoms with E-state index in [1.165, 1.54) is 0 Å². The van der Waals surface area contributed by atoms with E-state index in [1.807, 2.05) is 17.0 Å². The van der Waals surface area contributed by atoms with Crippen LogP contribution in [0, 0.1) is 13.8 Å². The number of aryl methyl sites for hydroxylation is 2. The van der Waals surface area contributed by atoms with Crippen LogP contribution in [0.5, 0.6) is 0 Å². The number of carbonyl (C=O) groups is 1.